The summed E-state index contributed by atoms with van der Waals surface area (Å²) in [4.78, 5) is 10.6. The average molecular weight is 223 g/mol. The Balaban J connectivity index is 2.62. The fraction of sp³-hybridized carbons (Fsp3) is 0.417. The first-order valence-electron chi connectivity index (χ1n) is 5.32. The molecule has 0 aromatic heterocycles. The van der Waals surface area contributed by atoms with Crippen LogP contribution < -0.4 is 10.1 Å². The van der Waals surface area contributed by atoms with Gasteiger partial charge in [-0.2, -0.15) is 0 Å². The van der Waals surface area contributed by atoms with Crippen LogP contribution in [0.1, 0.15) is 19.4 Å². The van der Waals surface area contributed by atoms with Gasteiger partial charge in [-0.1, -0.05) is 18.2 Å². The molecule has 1 atom stereocenters. The van der Waals surface area contributed by atoms with Crippen LogP contribution in [0.4, 0.5) is 0 Å². The molecule has 1 rings (SSSR count). The van der Waals surface area contributed by atoms with Crippen molar-refractivity contribution >= 4 is 5.97 Å². The molecule has 1 aromatic rings. The molecule has 0 heterocycles. The van der Waals surface area contributed by atoms with E-state index in [1.807, 2.05) is 31.2 Å². The van der Waals surface area contributed by atoms with Gasteiger partial charge in [0.15, 0.2) is 0 Å². The van der Waals surface area contributed by atoms with E-state index in [0.717, 1.165) is 11.3 Å². The number of aliphatic carboxylic acids is 1. The molecular formula is C12H17NO3. The number of nitrogens with one attached hydrogen (secondary N) is 1. The molecule has 2 N–H and O–H groups in total. The van der Waals surface area contributed by atoms with Crippen LogP contribution in [0.25, 0.3) is 0 Å². The van der Waals surface area contributed by atoms with Crippen molar-refractivity contribution in [3.63, 3.8) is 0 Å². The van der Waals surface area contributed by atoms with Crippen LogP contribution in [0.15, 0.2) is 24.3 Å². The molecule has 0 amide bonds. The monoisotopic (exact) mass is 223 g/mol. The van der Waals surface area contributed by atoms with E-state index < -0.39 is 12.0 Å². The van der Waals surface area contributed by atoms with Gasteiger partial charge in [0.05, 0.1) is 6.61 Å². The highest BCUT2D eigenvalue weighted by atomic mass is 16.5. The summed E-state index contributed by atoms with van der Waals surface area (Å²) in [6, 6.07) is 7.05. The largest absolute Gasteiger partial charge is 0.494 e. The number of rotatable bonds is 6. The highest BCUT2D eigenvalue weighted by molar-refractivity contribution is 5.72. The number of ether oxygens (including phenoxy) is 1. The third kappa shape index (κ3) is 3.55. The molecule has 0 bridgehead atoms. The second kappa shape index (κ2) is 6.12. The first kappa shape index (κ1) is 12.5. The van der Waals surface area contributed by atoms with Gasteiger partial charge in [-0.3, -0.25) is 4.79 Å². The number of carbonyl (C=O) groups is 1. The lowest BCUT2D eigenvalue weighted by Crippen LogP contribution is -2.33. The van der Waals surface area contributed by atoms with E-state index in [1.54, 1.807) is 6.92 Å². The Morgan fingerprint density at radius 1 is 1.50 bits per heavy atom. The van der Waals surface area contributed by atoms with Crippen LogP contribution >= 0.6 is 0 Å². The smallest absolute Gasteiger partial charge is 0.320 e. The van der Waals surface area contributed by atoms with Crippen molar-refractivity contribution in [2.75, 3.05) is 6.61 Å². The van der Waals surface area contributed by atoms with E-state index in [2.05, 4.69) is 5.32 Å². The van der Waals surface area contributed by atoms with Gasteiger partial charge in [-0.25, -0.2) is 0 Å². The summed E-state index contributed by atoms with van der Waals surface area (Å²) in [5.74, 6) is -0.0519. The van der Waals surface area contributed by atoms with E-state index in [-0.39, 0.29) is 0 Å². The molecule has 88 valence electrons. The summed E-state index contributed by atoms with van der Waals surface area (Å²) in [7, 11) is 0. The van der Waals surface area contributed by atoms with E-state index in [4.69, 9.17) is 9.84 Å². The average Bonchev–Trinajstić information content (AvgIpc) is 2.27. The second-order valence-electron chi connectivity index (χ2n) is 3.48. The van der Waals surface area contributed by atoms with Crippen molar-refractivity contribution in [3.8, 4) is 5.75 Å². The van der Waals surface area contributed by atoms with Gasteiger partial charge in [0.1, 0.15) is 11.8 Å². The third-order valence-corrected chi connectivity index (χ3v) is 2.24. The number of para-hydroxylation sites is 1. The van der Waals surface area contributed by atoms with Crippen molar-refractivity contribution in [1.82, 2.24) is 5.32 Å². The number of carboxylic acids is 1. The maximum absolute atomic E-state index is 10.6. The predicted octanol–water partition coefficient (Wildman–Crippen LogP) is 1.65. The van der Waals surface area contributed by atoms with Crippen LogP contribution in [0.3, 0.4) is 0 Å². The van der Waals surface area contributed by atoms with Gasteiger partial charge in [0.25, 0.3) is 0 Å². The molecule has 1 aromatic carbocycles. The summed E-state index contributed by atoms with van der Waals surface area (Å²) in [6.07, 6.45) is 0. The van der Waals surface area contributed by atoms with Gasteiger partial charge in [-0.05, 0) is 19.9 Å². The van der Waals surface area contributed by atoms with Crippen LogP contribution in [0.2, 0.25) is 0 Å². The molecule has 4 nitrogen and oxygen atoms in total. The van der Waals surface area contributed by atoms with Crippen LogP contribution in [0, 0.1) is 0 Å². The predicted molar refractivity (Wildman–Crippen MR) is 61.5 cm³/mol. The van der Waals surface area contributed by atoms with Crippen LogP contribution in [-0.4, -0.2) is 23.7 Å². The zero-order chi connectivity index (χ0) is 12.0. The van der Waals surface area contributed by atoms with Crippen molar-refractivity contribution in [1.29, 1.82) is 0 Å². The number of carboxylic acid groups (broad SMARTS) is 1. The molecule has 0 aliphatic heterocycles. The zero-order valence-corrected chi connectivity index (χ0v) is 9.56. The Labute approximate surface area is 95.2 Å². The van der Waals surface area contributed by atoms with Gasteiger partial charge < -0.3 is 15.2 Å². The highest BCUT2D eigenvalue weighted by Crippen LogP contribution is 2.17. The highest BCUT2D eigenvalue weighted by Gasteiger charge is 2.10. The molecule has 0 radical (unpaired) electrons. The molecule has 0 saturated carbocycles. The van der Waals surface area contributed by atoms with Gasteiger partial charge >= 0.3 is 5.97 Å². The lowest BCUT2D eigenvalue weighted by molar-refractivity contribution is -0.139. The fourth-order valence-electron chi connectivity index (χ4n) is 1.30. The van der Waals surface area contributed by atoms with Gasteiger partial charge in [0, 0.05) is 12.1 Å². The fourth-order valence-corrected chi connectivity index (χ4v) is 1.30. The quantitative estimate of drug-likeness (QED) is 0.769. The standard InChI is InChI=1S/C12H17NO3/c1-3-16-11-7-5-4-6-10(11)8-13-9(2)12(14)15/h4-7,9,13H,3,8H2,1-2H3,(H,14,15)/t9-/m1/s1. The Kier molecular flexibility index (Phi) is 4.79. The summed E-state index contributed by atoms with van der Waals surface area (Å²) in [6.45, 7) is 4.63. The van der Waals surface area contributed by atoms with Crippen molar-refractivity contribution in [2.24, 2.45) is 0 Å². The first-order valence-corrected chi connectivity index (χ1v) is 5.32. The molecule has 4 heteroatoms. The molecule has 0 saturated heterocycles. The Hall–Kier alpha value is -1.55. The van der Waals surface area contributed by atoms with E-state index in [1.165, 1.54) is 0 Å². The minimum atomic E-state index is -0.853. The lowest BCUT2D eigenvalue weighted by Gasteiger charge is -2.12. The maximum Gasteiger partial charge on any atom is 0.320 e. The number of benzene rings is 1. The van der Waals surface area contributed by atoms with Crippen LogP contribution in [-0.2, 0) is 11.3 Å². The summed E-state index contributed by atoms with van der Waals surface area (Å²) < 4.78 is 5.44. The SMILES string of the molecule is CCOc1ccccc1CN[C@H](C)C(=O)O. The van der Waals surface area contributed by atoms with E-state index in [9.17, 15) is 4.79 Å². The number of hydrogen-bond donors (Lipinski definition) is 2. The topological polar surface area (TPSA) is 58.6 Å². The molecule has 0 fully saturated rings. The van der Waals surface area contributed by atoms with Crippen molar-refractivity contribution < 1.29 is 14.6 Å². The Bertz CT molecular complexity index is 352. The zero-order valence-electron chi connectivity index (χ0n) is 9.56. The molecule has 0 spiro atoms. The lowest BCUT2D eigenvalue weighted by atomic mass is 10.2. The normalized spacial score (nSPS) is 12.1. The summed E-state index contributed by atoms with van der Waals surface area (Å²) >= 11 is 0. The summed E-state index contributed by atoms with van der Waals surface area (Å²) in [5.41, 5.74) is 0.970. The van der Waals surface area contributed by atoms with Crippen molar-refractivity contribution in [2.45, 2.75) is 26.4 Å². The molecule has 0 aliphatic carbocycles. The second-order valence-corrected chi connectivity index (χ2v) is 3.48. The third-order valence-electron chi connectivity index (χ3n) is 2.24. The Morgan fingerprint density at radius 2 is 2.19 bits per heavy atom. The van der Waals surface area contributed by atoms with Crippen molar-refractivity contribution in [3.05, 3.63) is 29.8 Å². The van der Waals surface area contributed by atoms with Crippen LogP contribution in [0.5, 0.6) is 5.75 Å². The maximum atomic E-state index is 10.6. The van der Waals surface area contributed by atoms with E-state index >= 15 is 0 Å². The summed E-state index contributed by atoms with van der Waals surface area (Å²) in [5, 5.41) is 11.7. The molecule has 0 aliphatic rings. The van der Waals surface area contributed by atoms with Gasteiger partial charge in [-0.15, -0.1) is 0 Å². The Morgan fingerprint density at radius 3 is 2.81 bits per heavy atom. The molecular weight excluding hydrogens is 206 g/mol. The minimum Gasteiger partial charge on any atom is -0.494 e. The first-order chi connectivity index (χ1) is 7.65. The number of hydrogen-bond acceptors (Lipinski definition) is 3. The minimum absolute atomic E-state index is 0.490. The molecule has 0 unspecified atom stereocenters. The van der Waals surface area contributed by atoms with E-state index in [0.29, 0.717) is 13.2 Å². The van der Waals surface area contributed by atoms with Gasteiger partial charge in [0.2, 0.25) is 0 Å². The molecule has 16 heavy (non-hydrogen) atoms.